The second-order valence-electron chi connectivity index (χ2n) is 7.36. The summed E-state index contributed by atoms with van der Waals surface area (Å²) in [5.74, 6) is -2.08. The molecule has 1 aliphatic carbocycles. The predicted octanol–water partition coefficient (Wildman–Crippen LogP) is 2.08. The number of carboxylic acids is 1. The van der Waals surface area contributed by atoms with E-state index < -0.39 is 12.1 Å². The van der Waals surface area contributed by atoms with Gasteiger partial charge in [0, 0.05) is 43.9 Å². The van der Waals surface area contributed by atoms with Crippen LogP contribution in [0.2, 0.25) is 0 Å². The number of hydrogen-bond acceptors (Lipinski definition) is 7. The first-order chi connectivity index (χ1) is 14.7. The lowest BCUT2D eigenvalue weighted by molar-refractivity contribution is -0.192. The zero-order valence-electron chi connectivity index (χ0n) is 16.4. The number of aliphatic carboxylic acids is 1. The molecule has 2 aliphatic rings. The summed E-state index contributed by atoms with van der Waals surface area (Å²) in [7, 11) is 0. The van der Waals surface area contributed by atoms with Crippen LogP contribution in [0.5, 0.6) is 0 Å². The second-order valence-corrected chi connectivity index (χ2v) is 7.36. The second kappa shape index (κ2) is 9.23. The van der Waals surface area contributed by atoms with Crippen molar-refractivity contribution >= 4 is 17.8 Å². The van der Waals surface area contributed by atoms with Gasteiger partial charge in [0.2, 0.25) is 5.95 Å². The zero-order chi connectivity index (χ0) is 22.5. The smallest absolute Gasteiger partial charge is 0.475 e. The van der Waals surface area contributed by atoms with Crippen LogP contribution in [-0.4, -0.2) is 62.2 Å². The Hall–Kier alpha value is -3.31. The number of aromatic nitrogens is 4. The molecular formula is C19H21F3N6O3. The van der Waals surface area contributed by atoms with Crippen molar-refractivity contribution in [3.05, 3.63) is 42.7 Å². The minimum atomic E-state index is -5.08. The minimum Gasteiger partial charge on any atom is -0.475 e. The number of anilines is 1. The Balaban J connectivity index is 0.000000339. The van der Waals surface area contributed by atoms with Crippen molar-refractivity contribution in [1.82, 2.24) is 25.3 Å². The molecule has 31 heavy (non-hydrogen) atoms. The van der Waals surface area contributed by atoms with Gasteiger partial charge in [0.25, 0.3) is 5.91 Å². The Morgan fingerprint density at radius 2 is 1.71 bits per heavy atom. The molecule has 4 rings (SSSR count). The van der Waals surface area contributed by atoms with Crippen LogP contribution in [0.4, 0.5) is 19.1 Å². The standard InChI is InChI=1S/C17H20N6O.C2HF3O2/c24-15(13-12-18-8-9-19-13)22-14-2-3-17(14)4-10-23(11-5-17)16-20-6-1-7-21-16;3-2(4,5)1(6)7/h1,6-9,12,14H,2-5,10-11H2,(H,22,24);(H,6,7). The quantitative estimate of drug-likeness (QED) is 0.747. The summed E-state index contributed by atoms with van der Waals surface area (Å²) in [6.07, 6.45) is 7.41. The monoisotopic (exact) mass is 438 g/mol. The minimum absolute atomic E-state index is 0.124. The Kier molecular flexibility index (Phi) is 6.66. The molecule has 166 valence electrons. The van der Waals surface area contributed by atoms with Gasteiger partial charge in [-0.1, -0.05) is 0 Å². The number of nitrogens with zero attached hydrogens (tertiary/aromatic N) is 5. The molecule has 2 aromatic rings. The average Bonchev–Trinajstić information content (AvgIpc) is 2.77. The summed E-state index contributed by atoms with van der Waals surface area (Å²) in [4.78, 5) is 40.1. The van der Waals surface area contributed by atoms with Gasteiger partial charge in [-0.2, -0.15) is 13.2 Å². The highest BCUT2D eigenvalue weighted by Crippen LogP contribution is 2.49. The summed E-state index contributed by atoms with van der Waals surface area (Å²) < 4.78 is 31.7. The van der Waals surface area contributed by atoms with E-state index in [4.69, 9.17) is 9.90 Å². The summed E-state index contributed by atoms with van der Waals surface area (Å²) >= 11 is 0. The van der Waals surface area contributed by atoms with Crippen molar-refractivity contribution in [2.45, 2.75) is 37.9 Å². The van der Waals surface area contributed by atoms with Crippen molar-refractivity contribution in [2.24, 2.45) is 5.41 Å². The number of alkyl halides is 3. The molecular weight excluding hydrogens is 417 g/mol. The Labute approximate surface area is 175 Å². The molecule has 0 bridgehead atoms. The summed E-state index contributed by atoms with van der Waals surface area (Å²) in [5, 5.41) is 10.3. The van der Waals surface area contributed by atoms with E-state index in [9.17, 15) is 18.0 Å². The van der Waals surface area contributed by atoms with Crippen molar-refractivity contribution in [1.29, 1.82) is 0 Å². The number of piperidine rings is 1. The number of halogens is 3. The molecule has 0 aromatic carbocycles. The molecule has 1 aliphatic heterocycles. The molecule has 0 radical (unpaired) electrons. The van der Waals surface area contributed by atoms with E-state index in [1.807, 2.05) is 6.07 Å². The largest absolute Gasteiger partial charge is 0.490 e. The number of carbonyl (C=O) groups excluding carboxylic acids is 1. The highest BCUT2D eigenvalue weighted by molar-refractivity contribution is 5.92. The Bertz CT molecular complexity index is 890. The van der Waals surface area contributed by atoms with Crippen LogP contribution in [-0.2, 0) is 4.79 Å². The van der Waals surface area contributed by atoms with Crippen LogP contribution in [0, 0.1) is 5.41 Å². The lowest BCUT2D eigenvalue weighted by Gasteiger charge is -2.54. The summed E-state index contributed by atoms with van der Waals surface area (Å²) in [6, 6.07) is 2.06. The van der Waals surface area contributed by atoms with Gasteiger partial charge in [-0.25, -0.2) is 19.7 Å². The van der Waals surface area contributed by atoms with E-state index in [1.165, 1.54) is 12.6 Å². The van der Waals surface area contributed by atoms with Crippen LogP contribution in [0.25, 0.3) is 0 Å². The average molecular weight is 438 g/mol. The lowest BCUT2D eigenvalue weighted by Crippen LogP contribution is -2.59. The van der Waals surface area contributed by atoms with Gasteiger partial charge in [-0.3, -0.25) is 9.78 Å². The number of carboxylic acid groups (broad SMARTS) is 1. The lowest BCUT2D eigenvalue weighted by atomic mass is 9.59. The van der Waals surface area contributed by atoms with Gasteiger partial charge >= 0.3 is 12.1 Å². The third-order valence-corrected chi connectivity index (χ3v) is 5.61. The molecule has 9 nitrogen and oxygen atoms in total. The highest BCUT2D eigenvalue weighted by atomic mass is 19.4. The molecule has 2 aromatic heterocycles. The summed E-state index contributed by atoms with van der Waals surface area (Å²) in [6.45, 7) is 1.86. The number of nitrogens with one attached hydrogen (secondary N) is 1. The number of amides is 1. The first-order valence-corrected chi connectivity index (χ1v) is 9.60. The van der Waals surface area contributed by atoms with Gasteiger partial charge in [-0.15, -0.1) is 0 Å². The van der Waals surface area contributed by atoms with Crippen LogP contribution in [0.3, 0.4) is 0 Å². The maximum Gasteiger partial charge on any atom is 0.490 e. The van der Waals surface area contributed by atoms with Gasteiger partial charge in [-0.05, 0) is 37.2 Å². The van der Waals surface area contributed by atoms with Crippen LogP contribution in [0.15, 0.2) is 37.1 Å². The van der Waals surface area contributed by atoms with Gasteiger partial charge < -0.3 is 15.3 Å². The third-order valence-electron chi connectivity index (χ3n) is 5.61. The molecule has 2 N–H and O–H groups in total. The van der Waals surface area contributed by atoms with Gasteiger partial charge in [0.15, 0.2) is 0 Å². The van der Waals surface area contributed by atoms with Crippen molar-refractivity contribution in [2.75, 3.05) is 18.0 Å². The first-order valence-electron chi connectivity index (χ1n) is 9.60. The molecule has 1 unspecified atom stereocenters. The van der Waals surface area contributed by atoms with E-state index >= 15 is 0 Å². The Morgan fingerprint density at radius 1 is 1.06 bits per heavy atom. The summed E-state index contributed by atoms with van der Waals surface area (Å²) in [5.41, 5.74) is 0.595. The molecule has 12 heteroatoms. The van der Waals surface area contributed by atoms with E-state index in [2.05, 4.69) is 30.2 Å². The van der Waals surface area contributed by atoms with Gasteiger partial charge in [0.05, 0.1) is 6.20 Å². The van der Waals surface area contributed by atoms with Gasteiger partial charge in [0.1, 0.15) is 5.69 Å². The molecule has 1 saturated heterocycles. The van der Waals surface area contributed by atoms with E-state index in [-0.39, 0.29) is 17.4 Å². The maximum absolute atomic E-state index is 12.3. The van der Waals surface area contributed by atoms with Crippen LogP contribution < -0.4 is 10.2 Å². The fourth-order valence-corrected chi connectivity index (χ4v) is 3.78. The highest BCUT2D eigenvalue weighted by Gasteiger charge is 2.49. The molecule has 1 saturated carbocycles. The van der Waals surface area contributed by atoms with Crippen molar-refractivity contribution < 1.29 is 27.9 Å². The third kappa shape index (κ3) is 5.44. The molecule has 2 fully saturated rings. The van der Waals surface area contributed by atoms with Crippen molar-refractivity contribution in [3.8, 4) is 0 Å². The fourth-order valence-electron chi connectivity index (χ4n) is 3.78. The predicted molar refractivity (Wildman–Crippen MR) is 102 cm³/mol. The number of rotatable bonds is 3. The van der Waals surface area contributed by atoms with E-state index in [1.54, 1.807) is 24.8 Å². The SMILES string of the molecule is O=C(NC1CCC12CCN(c1ncccn1)CC2)c1cnccn1.O=C(O)C(F)(F)F. The number of hydrogen-bond donors (Lipinski definition) is 2. The maximum atomic E-state index is 12.3. The van der Waals surface area contributed by atoms with E-state index in [0.29, 0.717) is 5.69 Å². The molecule has 1 atom stereocenters. The normalized spacial score (nSPS) is 19.6. The fraction of sp³-hybridized carbons (Fsp3) is 0.474. The van der Waals surface area contributed by atoms with Crippen LogP contribution in [0.1, 0.15) is 36.2 Å². The molecule has 3 heterocycles. The first kappa shape index (κ1) is 22.4. The van der Waals surface area contributed by atoms with Crippen molar-refractivity contribution in [3.63, 3.8) is 0 Å². The molecule has 1 spiro atoms. The zero-order valence-corrected chi connectivity index (χ0v) is 16.4. The van der Waals surface area contributed by atoms with Crippen LogP contribution >= 0.6 is 0 Å². The van der Waals surface area contributed by atoms with E-state index in [0.717, 1.165) is 38.3 Å². The molecule has 1 amide bonds. The Morgan fingerprint density at radius 3 is 2.19 bits per heavy atom. The number of carbonyl (C=O) groups is 2. The topological polar surface area (TPSA) is 121 Å².